The zero-order valence-electron chi connectivity index (χ0n) is 9.25. The Morgan fingerprint density at radius 3 is 2.67 bits per heavy atom. The van der Waals surface area contributed by atoms with Crippen LogP contribution in [-0.2, 0) is 0 Å². The van der Waals surface area contributed by atoms with Crippen molar-refractivity contribution in [2.75, 3.05) is 24.2 Å². The molecule has 1 aromatic heterocycles. The molecule has 0 aliphatic rings. The van der Waals surface area contributed by atoms with Gasteiger partial charge in [0, 0.05) is 18.7 Å². The molecule has 4 N–H and O–H groups in total. The molecule has 0 spiro atoms. The summed E-state index contributed by atoms with van der Waals surface area (Å²) in [7, 11) is 0. The van der Waals surface area contributed by atoms with Crippen molar-refractivity contribution < 1.29 is 5.11 Å². The number of aliphatic hydroxyl groups excluding tert-OH is 1. The van der Waals surface area contributed by atoms with Crippen LogP contribution in [-0.4, -0.2) is 28.2 Å². The number of nitrogen functional groups attached to an aromatic ring is 1. The Kier molecular flexibility index (Phi) is 4.30. The molecule has 5 heteroatoms. The van der Waals surface area contributed by atoms with Gasteiger partial charge < -0.3 is 16.2 Å². The van der Waals surface area contributed by atoms with Gasteiger partial charge in [0.1, 0.15) is 17.5 Å². The summed E-state index contributed by atoms with van der Waals surface area (Å²) in [5.41, 5.74) is 6.60. The Morgan fingerprint density at radius 1 is 1.27 bits per heavy atom. The largest absolute Gasteiger partial charge is 0.396 e. The van der Waals surface area contributed by atoms with Gasteiger partial charge in [-0.2, -0.15) is 0 Å². The minimum Gasteiger partial charge on any atom is -0.396 e. The maximum Gasteiger partial charge on any atom is 0.134 e. The first-order valence-electron chi connectivity index (χ1n) is 5.10. The van der Waals surface area contributed by atoms with E-state index in [1.54, 1.807) is 0 Å². The maximum absolute atomic E-state index is 8.63. The van der Waals surface area contributed by atoms with Crippen molar-refractivity contribution in [3.8, 4) is 0 Å². The molecule has 0 amide bonds. The Hall–Kier alpha value is -1.36. The third-order valence-corrected chi connectivity index (χ3v) is 2.17. The van der Waals surface area contributed by atoms with Gasteiger partial charge in [0.05, 0.1) is 0 Å². The van der Waals surface area contributed by atoms with E-state index >= 15 is 0 Å². The summed E-state index contributed by atoms with van der Waals surface area (Å²) in [6.45, 7) is 4.72. The van der Waals surface area contributed by atoms with Crippen molar-refractivity contribution >= 4 is 11.6 Å². The molecule has 0 saturated carbocycles. The van der Waals surface area contributed by atoms with Crippen molar-refractivity contribution in [2.45, 2.75) is 26.7 Å². The highest BCUT2D eigenvalue weighted by atomic mass is 16.2. The van der Waals surface area contributed by atoms with E-state index in [-0.39, 0.29) is 6.61 Å². The van der Waals surface area contributed by atoms with E-state index in [0.717, 1.165) is 30.8 Å². The van der Waals surface area contributed by atoms with Gasteiger partial charge in [0.15, 0.2) is 0 Å². The van der Waals surface area contributed by atoms with Crippen LogP contribution < -0.4 is 11.1 Å². The number of nitrogens with zero attached hydrogens (tertiary/aromatic N) is 2. The number of rotatable bonds is 5. The summed E-state index contributed by atoms with van der Waals surface area (Å²) in [5, 5.41) is 11.8. The van der Waals surface area contributed by atoms with Crippen LogP contribution in [0.2, 0.25) is 0 Å². The molecule has 0 atom stereocenters. The van der Waals surface area contributed by atoms with E-state index in [4.69, 9.17) is 10.8 Å². The summed E-state index contributed by atoms with van der Waals surface area (Å²) in [6, 6.07) is 0. The van der Waals surface area contributed by atoms with Crippen LogP contribution in [0, 0.1) is 13.8 Å². The second-order valence-corrected chi connectivity index (χ2v) is 3.49. The Labute approximate surface area is 89.7 Å². The second-order valence-electron chi connectivity index (χ2n) is 3.49. The third kappa shape index (κ3) is 3.36. The van der Waals surface area contributed by atoms with Crippen molar-refractivity contribution in [1.29, 1.82) is 0 Å². The smallest absolute Gasteiger partial charge is 0.134 e. The molecule has 5 nitrogen and oxygen atoms in total. The molecule has 1 rings (SSSR count). The summed E-state index contributed by atoms with van der Waals surface area (Å²) >= 11 is 0. The van der Waals surface area contributed by atoms with Crippen LogP contribution in [0.15, 0.2) is 0 Å². The van der Waals surface area contributed by atoms with Gasteiger partial charge >= 0.3 is 0 Å². The molecule has 0 unspecified atom stereocenters. The SMILES string of the molecule is Cc1nc(N)c(C)c(NCCCCO)n1. The van der Waals surface area contributed by atoms with E-state index in [2.05, 4.69) is 15.3 Å². The van der Waals surface area contributed by atoms with Crippen molar-refractivity contribution in [2.24, 2.45) is 0 Å². The summed E-state index contributed by atoms with van der Waals surface area (Å²) < 4.78 is 0. The quantitative estimate of drug-likeness (QED) is 0.628. The van der Waals surface area contributed by atoms with Crippen LogP contribution in [0.3, 0.4) is 0 Å². The molecule has 0 saturated heterocycles. The lowest BCUT2D eigenvalue weighted by atomic mass is 10.3. The average Bonchev–Trinajstić information content (AvgIpc) is 2.19. The van der Waals surface area contributed by atoms with E-state index in [1.807, 2.05) is 13.8 Å². The molecule has 15 heavy (non-hydrogen) atoms. The van der Waals surface area contributed by atoms with Crippen LogP contribution in [0.5, 0.6) is 0 Å². The van der Waals surface area contributed by atoms with Gasteiger partial charge in [-0.25, -0.2) is 9.97 Å². The van der Waals surface area contributed by atoms with E-state index in [1.165, 1.54) is 0 Å². The number of nitrogens with one attached hydrogen (secondary N) is 1. The van der Waals surface area contributed by atoms with Gasteiger partial charge in [0.2, 0.25) is 0 Å². The number of unbranched alkanes of at least 4 members (excludes halogenated alkanes) is 1. The molecule has 0 fully saturated rings. The van der Waals surface area contributed by atoms with Gasteiger partial charge in [-0.1, -0.05) is 0 Å². The Morgan fingerprint density at radius 2 is 2.00 bits per heavy atom. The first kappa shape index (κ1) is 11.7. The number of aliphatic hydroxyl groups is 1. The summed E-state index contributed by atoms with van der Waals surface area (Å²) in [6.07, 6.45) is 1.71. The molecule has 1 heterocycles. The maximum atomic E-state index is 8.63. The third-order valence-electron chi connectivity index (χ3n) is 2.17. The topological polar surface area (TPSA) is 84.1 Å². The summed E-state index contributed by atoms with van der Waals surface area (Å²) in [4.78, 5) is 8.33. The van der Waals surface area contributed by atoms with E-state index in [0.29, 0.717) is 11.6 Å². The molecule has 0 aliphatic heterocycles. The summed E-state index contributed by atoms with van der Waals surface area (Å²) in [5.74, 6) is 1.98. The number of nitrogens with two attached hydrogens (primary N) is 1. The minimum atomic E-state index is 0.228. The fourth-order valence-electron chi connectivity index (χ4n) is 1.27. The van der Waals surface area contributed by atoms with Gasteiger partial charge in [-0.15, -0.1) is 0 Å². The Balaban J connectivity index is 2.60. The van der Waals surface area contributed by atoms with Crippen LogP contribution >= 0.6 is 0 Å². The number of anilines is 2. The molecule has 0 aromatic carbocycles. The fraction of sp³-hybridized carbons (Fsp3) is 0.600. The highest BCUT2D eigenvalue weighted by molar-refractivity contribution is 5.54. The molecular formula is C10H18N4O. The zero-order valence-corrected chi connectivity index (χ0v) is 9.25. The van der Waals surface area contributed by atoms with Crippen molar-refractivity contribution in [1.82, 2.24) is 9.97 Å². The standard InChI is InChI=1S/C10H18N4O/c1-7-9(11)13-8(2)14-10(7)12-5-3-4-6-15/h15H,3-6H2,1-2H3,(H3,11,12,13,14). The minimum absolute atomic E-state index is 0.228. The molecule has 1 aromatic rings. The lowest BCUT2D eigenvalue weighted by Crippen LogP contribution is -2.09. The first-order valence-corrected chi connectivity index (χ1v) is 5.10. The van der Waals surface area contributed by atoms with Gasteiger partial charge in [-0.05, 0) is 26.7 Å². The number of aromatic nitrogens is 2. The number of hydrogen-bond donors (Lipinski definition) is 3. The van der Waals surface area contributed by atoms with Gasteiger partial charge in [-0.3, -0.25) is 0 Å². The molecule has 0 bridgehead atoms. The molecule has 84 valence electrons. The zero-order chi connectivity index (χ0) is 11.3. The highest BCUT2D eigenvalue weighted by Gasteiger charge is 2.05. The number of hydrogen-bond acceptors (Lipinski definition) is 5. The lowest BCUT2D eigenvalue weighted by Gasteiger charge is -2.10. The Bertz CT molecular complexity index is 327. The van der Waals surface area contributed by atoms with E-state index in [9.17, 15) is 0 Å². The average molecular weight is 210 g/mol. The van der Waals surface area contributed by atoms with E-state index < -0.39 is 0 Å². The first-order chi connectivity index (χ1) is 7.15. The van der Waals surface area contributed by atoms with Gasteiger partial charge in [0.25, 0.3) is 0 Å². The molecule has 0 radical (unpaired) electrons. The second kappa shape index (κ2) is 5.50. The normalized spacial score (nSPS) is 10.3. The fourth-order valence-corrected chi connectivity index (χ4v) is 1.27. The van der Waals surface area contributed by atoms with Crippen LogP contribution in [0.4, 0.5) is 11.6 Å². The lowest BCUT2D eigenvalue weighted by molar-refractivity contribution is 0.286. The predicted molar refractivity (Wildman–Crippen MR) is 60.7 cm³/mol. The van der Waals surface area contributed by atoms with Crippen molar-refractivity contribution in [3.63, 3.8) is 0 Å². The molecule has 0 aliphatic carbocycles. The predicted octanol–water partition coefficient (Wildman–Crippen LogP) is 0.860. The molecular weight excluding hydrogens is 192 g/mol. The number of aryl methyl sites for hydroxylation is 1. The monoisotopic (exact) mass is 210 g/mol. The van der Waals surface area contributed by atoms with Crippen LogP contribution in [0.1, 0.15) is 24.2 Å². The van der Waals surface area contributed by atoms with Crippen molar-refractivity contribution in [3.05, 3.63) is 11.4 Å². The van der Waals surface area contributed by atoms with Crippen LogP contribution in [0.25, 0.3) is 0 Å². The highest BCUT2D eigenvalue weighted by Crippen LogP contribution is 2.16.